The fourth-order valence-corrected chi connectivity index (χ4v) is 1.80. The Balaban J connectivity index is 1.82. The van der Waals surface area contributed by atoms with E-state index >= 15 is 0 Å². The van der Waals surface area contributed by atoms with E-state index < -0.39 is 6.03 Å². The van der Waals surface area contributed by atoms with Crippen LogP contribution in [0.25, 0.3) is 0 Å². The van der Waals surface area contributed by atoms with Crippen molar-refractivity contribution >= 4 is 18.5 Å². The van der Waals surface area contributed by atoms with Gasteiger partial charge in [-0.2, -0.15) is 10.2 Å². The molecule has 24 heavy (non-hydrogen) atoms. The van der Waals surface area contributed by atoms with Crippen molar-refractivity contribution in [1.82, 2.24) is 10.9 Å². The number of ether oxygens (including phenoxy) is 2. The van der Waals surface area contributed by atoms with Gasteiger partial charge in [0, 0.05) is 0 Å². The van der Waals surface area contributed by atoms with Gasteiger partial charge in [-0.15, -0.1) is 0 Å². The van der Waals surface area contributed by atoms with Crippen molar-refractivity contribution in [3.8, 4) is 11.5 Å². The Morgan fingerprint density at radius 2 is 1.33 bits per heavy atom. The van der Waals surface area contributed by atoms with Gasteiger partial charge in [0.2, 0.25) is 0 Å². The van der Waals surface area contributed by atoms with E-state index in [1.807, 2.05) is 36.4 Å². The first-order chi connectivity index (χ1) is 11.7. The van der Waals surface area contributed by atoms with E-state index in [4.69, 9.17) is 9.47 Å². The number of amides is 2. The second-order valence-electron chi connectivity index (χ2n) is 4.62. The molecule has 2 rings (SSSR count). The molecule has 0 aromatic heterocycles. The molecule has 0 aliphatic heterocycles. The predicted molar refractivity (Wildman–Crippen MR) is 92.8 cm³/mol. The van der Waals surface area contributed by atoms with Crippen LogP contribution in [0.4, 0.5) is 4.79 Å². The SMILES string of the molecule is COc1cccc(C=NNC(=O)NN=Cc2cccc(OC)c2)c1. The maximum absolute atomic E-state index is 11.6. The molecular formula is C17H18N4O3. The molecule has 2 aromatic carbocycles. The van der Waals surface area contributed by atoms with Gasteiger partial charge in [0.15, 0.2) is 0 Å². The Bertz CT molecular complexity index is 683. The topological polar surface area (TPSA) is 84.3 Å². The molecule has 7 heteroatoms. The van der Waals surface area contributed by atoms with Crippen molar-refractivity contribution < 1.29 is 14.3 Å². The van der Waals surface area contributed by atoms with E-state index in [1.165, 1.54) is 12.4 Å². The standard InChI is InChI=1S/C17H18N4O3/c1-23-15-7-3-5-13(9-15)11-18-20-17(22)21-19-12-14-6-4-8-16(10-14)24-2/h3-12H,1-2H3,(H2,20,21,22). The van der Waals surface area contributed by atoms with Crippen LogP contribution >= 0.6 is 0 Å². The Labute approximate surface area is 140 Å². The summed E-state index contributed by atoms with van der Waals surface area (Å²) < 4.78 is 10.2. The largest absolute Gasteiger partial charge is 0.497 e. The van der Waals surface area contributed by atoms with Gasteiger partial charge >= 0.3 is 6.03 Å². The van der Waals surface area contributed by atoms with E-state index in [0.29, 0.717) is 11.5 Å². The number of nitrogens with zero attached hydrogens (tertiary/aromatic N) is 2. The van der Waals surface area contributed by atoms with Crippen LogP contribution in [0, 0.1) is 0 Å². The average Bonchev–Trinajstić information content (AvgIpc) is 2.62. The molecule has 0 bridgehead atoms. The van der Waals surface area contributed by atoms with E-state index in [2.05, 4.69) is 21.1 Å². The highest BCUT2D eigenvalue weighted by Gasteiger charge is 1.96. The molecule has 0 atom stereocenters. The first-order valence-corrected chi connectivity index (χ1v) is 7.11. The van der Waals surface area contributed by atoms with Crippen molar-refractivity contribution in [3.63, 3.8) is 0 Å². The molecule has 124 valence electrons. The maximum Gasteiger partial charge on any atom is 0.355 e. The molecule has 0 saturated carbocycles. The van der Waals surface area contributed by atoms with Crippen LogP contribution in [0.5, 0.6) is 11.5 Å². The van der Waals surface area contributed by atoms with Crippen LogP contribution in [-0.2, 0) is 0 Å². The minimum atomic E-state index is -0.548. The second-order valence-corrected chi connectivity index (χ2v) is 4.62. The summed E-state index contributed by atoms with van der Waals surface area (Å²) in [6.07, 6.45) is 3.02. The summed E-state index contributed by atoms with van der Waals surface area (Å²) in [5, 5.41) is 7.67. The number of hydrogen-bond donors (Lipinski definition) is 2. The molecule has 7 nitrogen and oxygen atoms in total. The first-order valence-electron chi connectivity index (χ1n) is 7.11. The summed E-state index contributed by atoms with van der Waals surface area (Å²) >= 11 is 0. The van der Waals surface area contributed by atoms with Crippen LogP contribution in [0.2, 0.25) is 0 Å². The lowest BCUT2D eigenvalue weighted by Gasteiger charge is -2.01. The molecule has 0 aliphatic carbocycles. The third-order valence-corrected chi connectivity index (χ3v) is 2.95. The van der Waals surface area contributed by atoms with Crippen molar-refractivity contribution in [1.29, 1.82) is 0 Å². The zero-order valence-corrected chi connectivity index (χ0v) is 13.4. The lowest BCUT2D eigenvalue weighted by atomic mass is 10.2. The average molecular weight is 326 g/mol. The third-order valence-electron chi connectivity index (χ3n) is 2.95. The van der Waals surface area contributed by atoms with Gasteiger partial charge in [0.1, 0.15) is 11.5 Å². The lowest BCUT2D eigenvalue weighted by Crippen LogP contribution is -2.28. The van der Waals surface area contributed by atoms with Gasteiger partial charge in [-0.25, -0.2) is 15.6 Å². The Kier molecular flexibility index (Phi) is 6.34. The van der Waals surface area contributed by atoms with Crippen LogP contribution < -0.4 is 20.3 Å². The van der Waals surface area contributed by atoms with Gasteiger partial charge in [-0.05, 0) is 35.4 Å². The van der Waals surface area contributed by atoms with Crippen molar-refractivity contribution in [2.45, 2.75) is 0 Å². The molecule has 0 unspecified atom stereocenters. The van der Waals surface area contributed by atoms with Crippen LogP contribution in [0.3, 0.4) is 0 Å². The first kappa shape index (κ1) is 17.0. The minimum absolute atomic E-state index is 0.548. The Hall–Kier alpha value is -3.35. The molecule has 0 heterocycles. The second kappa shape index (κ2) is 8.94. The predicted octanol–water partition coefficient (Wildman–Crippen LogP) is 2.37. The zero-order valence-electron chi connectivity index (χ0n) is 13.4. The van der Waals surface area contributed by atoms with Crippen molar-refractivity contribution in [2.75, 3.05) is 14.2 Å². The smallest absolute Gasteiger partial charge is 0.355 e. The molecule has 2 N–H and O–H groups in total. The summed E-state index contributed by atoms with van der Waals surface area (Å²) in [5.74, 6) is 1.43. The van der Waals surface area contributed by atoms with Crippen molar-refractivity contribution in [3.05, 3.63) is 59.7 Å². The molecule has 0 fully saturated rings. The summed E-state index contributed by atoms with van der Waals surface area (Å²) in [5.41, 5.74) is 6.24. The Morgan fingerprint density at radius 3 is 1.75 bits per heavy atom. The summed E-state index contributed by atoms with van der Waals surface area (Å²) in [7, 11) is 3.17. The van der Waals surface area contributed by atoms with E-state index in [0.717, 1.165) is 11.1 Å². The van der Waals surface area contributed by atoms with Gasteiger partial charge in [-0.3, -0.25) is 0 Å². The molecule has 2 amide bonds. The lowest BCUT2D eigenvalue weighted by molar-refractivity contribution is 0.242. The molecule has 0 saturated heterocycles. The number of nitrogens with one attached hydrogen (secondary N) is 2. The molecular weight excluding hydrogens is 308 g/mol. The van der Waals surface area contributed by atoms with Gasteiger partial charge in [-0.1, -0.05) is 24.3 Å². The van der Waals surface area contributed by atoms with Crippen molar-refractivity contribution in [2.24, 2.45) is 10.2 Å². The number of benzene rings is 2. The highest BCUT2D eigenvalue weighted by molar-refractivity contribution is 5.84. The van der Waals surface area contributed by atoms with E-state index in [1.54, 1.807) is 26.4 Å². The Morgan fingerprint density at radius 1 is 0.875 bits per heavy atom. The number of carbonyl (C=O) groups is 1. The summed E-state index contributed by atoms with van der Waals surface area (Å²) in [4.78, 5) is 11.6. The third kappa shape index (κ3) is 5.45. The highest BCUT2D eigenvalue weighted by Crippen LogP contribution is 2.11. The van der Waals surface area contributed by atoms with E-state index in [-0.39, 0.29) is 0 Å². The zero-order chi connectivity index (χ0) is 17.2. The fourth-order valence-electron chi connectivity index (χ4n) is 1.80. The number of urea groups is 1. The van der Waals surface area contributed by atoms with Crippen LogP contribution in [-0.4, -0.2) is 32.7 Å². The molecule has 0 spiro atoms. The highest BCUT2D eigenvalue weighted by atomic mass is 16.5. The van der Waals surface area contributed by atoms with Crippen LogP contribution in [0.15, 0.2) is 58.7 Å². The molecule has 0 radical (unpaired) electrons. The fraction of sp³-hybridized carbons (Fsp3) is 0.118. The van der Waals surface area contributed by atoms with Gasteiger partial charge in [0.05, 0.1) is 26.6 Å². The number of rotatable bonds is 6. The number of methoxy groups -OCH3 is 2. The van der Waals surface area contributed by atoms with Gasteiger partial charge < -0.3 is 9.47 Å². The summed E-state index contributed by atoms with van der Waals surface area (Å²) in [6, 6.07) is 14.0. The number of hydrazone groups is 2. The van der Waals surface area contributed by atoms with Crippen LogP contribution in [0.1, 0.15) is 11.1 Å². The monoisotopic (exact) mass is 326 g/mol. The quantitative estimate of drug-likeness (QED) is 0.631. The normalized spacial score (nSPS) is 10.8. The summed E-state index contributed by atoms with van der Waals surface area (Å²) in [6.45, 7) is 0. The maximum atomic E-state index is 11.6. The number of hydrogen-bond acceptors (Lipinski definition) is 5. The molecule has 0 aliphatic rings. The molecule has 2 aromatic rings. The number of carbonyl (C=O) groups excluding carboxylic acids is 1. The van der Waals surface area contributed by atoms with E-state index in [9.17, 15) is 4.79 Å². The minimum Gasteiger partial charge on any atom is -0.497 e. The van der Waals surface area contributed by atoms with Gasteiger partial charge in [0.25, 0.3) is 0 Å².